The number of rotatable bonds is 6. The molecule has 1 saturated heterocycles. The average Bonchev–Trinajstić information content (AvgIpc) is 3.39. The lowest BCUT2D eigenvalue weighted by atomic mass is 10.2. The van der Waals surface area contributed by atoms with E-state index in [1.165, 1.54) is 11.0 Å². The molecule has 31 heavy (non-hydrogen) atoms. The lowest BCUT2D eigenvalue weighted by Crippen LogP contribution is -2.33. The number of anilines is 2. The highest BCUT2D eigenvalue weighted by Gasteiger charge is 2.41. The first-order valence-electron chi connectivity index (χ1n) is 9.23. The quantitative estimate of drug-likeness (QED) is 0.587. The van der Waals surface area contributed by atoms with Crippen molar-refractivity contribution >= 4 is 61.5 Å². The second-order valence-electron chi connectivity index (χ2n) is 6.52. The second-order valence-corrected chi connectivity index (χ2v) is 10.5. The first kappa shape index (κ1) is 21.3. The highest BCUT2D eigenvalue weighted by Crippen LogP contribution is 2.35. The molecule has 2 amide bonds. The minimum Gasteiger partial charge on any atom is -0.326 e. The van der Waals surface area contributed by atoms with E-state index in [2.05, 4.69) is 9.71 Å². The Morgan fingerprint density at radius 3 is 2.32 bits per heavy atom. The maximum Gasteiger partial charge on any atom is 0.294 e. The molecule has 10 heteroatoms. The topological polar surface area (TPSA) is 95.9 Å². The van der Waals surface area contributed by atoms with Gasteiger partial charge in [0.1, 0.15) is 9.46 Å². The Kier molecular flexibility index (Phi) is 6.21. The second kappa shape index (κ2) is 9.04. The number of nitrogens with one attached hydrogen (secondary N) is 1. The summed E-state index contributed by atoms with van der Waals surface area (Å²) in [4.78, 5) is 26.9. The Morgan fingerprint density at radius 2 is 1.68 bits per heavy atom. The molecule has 0 radical (unpaired) electrons. The van der Waals surface area contributed by atoms with Gasteiger partial charge in [-0.05, 0) is 35.7 Å². The van der Waals surface area contributed by atoms with Gasteiger partial charge in [-0.3, -0.25) is 14.5 Å². The molecule has 0 aliphatic carbocycles. The van der Waals surface area contributed by atoms with Crippen molar-refractivity contribution in [3.8, 4) is 0 Å². The van der Waals surface area contributed by atoms with Crippen molar-refractivity contribution in [1.82, 2.24) is 0 Å². The first-order chi connectivity index (χ1) is 14.9. The zero-order chi connectivity index (χ0) is 21.8. The molecule has 1 aliphatic heterocycles. The number of sulfonamides is 1. The molecule has 0 saturated carbocycles. The van der Waals surface area contributed by atoms with Crippen molar-refractivity contribution in [1.29, 1.82) is 0 Å². The Morgan fingerprint density at radius 1 is 1.00 bits per heavy atom. The number of amidine groups is 1. The molecule has 1 unspecified atom stereocenters. The smallest absolute Gasteiger partial charge is 0.294 e. The minimum absolute atomic E-state index is 0.0297. The van der Waals surface area contributed by atoms with Crippen LogP contribution in [-0.4, -0.2) is 30.6 Å². The molecule has 0 spiro atoms. The molecule has 3 aromatic rings. The van der Waals surface area contributed by atoms with E-state index >= 15 is 0 Å². The van der Waals surface area contributed by atoms with E-state index < -0.39 is 15.3 Å². The molecule has 1 aromatic heterocycles. The number of carbonyl (C=O) groups is 2. The van der Waals surface area contributed by atoms with Gasteiger partial charge in [0.2, 0.25) is 11.8 Å². The fourth-order valence-corrected chi connectivity index (χ4v) is 6.24. The average molecular weight is 472 g/mol. The van der Waals surface area contributed by atoms with Gasteiger partial charge in [0, 0.05) is 12.1 Å². The van der Waals surface area contributed by atoms with Crippen molar-refractivity contribution in [3.63, 3.8) is 0 Å². The van der Waals surface area contributed by atoms with Crippen LogP contribution in [0.25, 0.3) is 0 Å². The fourth-order valence-electron chi connectivity index (χ4n) is 2.93. The lowest BCUT2D eigenvalue weighted by Gasteiger charge is -2.16. The predicted molar refractivity (Wildman–Crippen MR) is 124 cm³/mol. The van der Waals surface area contributed by atoms with Crippen molar-refractivity contribution < 1.29 is 18.0 Å². The standard InChI is InChI=1S/C21H17N3O4S3/c25-18(22-15-8-3-1-4-9-15)14-17-20(26)24(16-10-5-2-6-11-16)21(30-17)23-31(27,28)19-12-7-13-29-19/h1-13,17H,14H2,(H,22,25). The molecular weight excluding hydrogens is 454 g/mol. The number of amides is 2. The molecule has 1 atom stereocenters. The van der Waals surface area contributed by atoms with Crippen LogP contribution in [-0.2, 0) is 19.6 Å². The highest BCUT2D eigenvalue weighted by molar-refractivity contribution is 8.16. The Labute approximate surface area is 187 Å². The molecule has 4 rings (SSSR count). The predicted octanol–water partition coefficient (Wildman–Crippen LogP) is 3.97. The number of benzene rings is 2. The van der Waals surface area contributed by atoms with Crippen LogP contribution < -0.4 is 10.2 Å². The van der Waals surface area contributed by atoms with Crippen molar-refractivity contribution in [2.24, 2.45) is 4.40 Å². The number of thiophene rings is 1. The van der Waals surface area contributed by atoms with Gasteiger partial charge in [-0.25, -0.2) is 0 Å². The van der Waals surface area contributed by atoms with Crippen LogP contribution >= 0.6 is 23.1 Å². The van der Waals surface area contributed by atoms with Gasteiger partial charge < -0.3 is 5.32 Å². The molecule has 1 fully saturated rings. The third-order valence-electron chi connectivity index (χ3n) is 4.33. The van der Waals surface area contributed by atoms with Crippen LogP contribution in [0, 0.1) is 0 Å². The molecule has 1 N–H and O–H groups in total. The summed E-state index contributed by atoms with van der Waals surface area (Å²) in [7, 11) is -3.97. The Balaban J connectivity index is 1.62. The zero-order valence-electron chi connectivity index (χ0n) is 16.0. The van der Waals surface area contributed by atoms with Crippen LogP contribution in [0.15, 0.2) is 86.8 Å². The van der Waals surface area contributed by atoms with Crippen LogP contribution in [0.5, 0.6) is 0 Å². The van der Waals surface area contributed by atoms with Crippen LogP contribution in [0.1, 0.15) is 6.42 Å². The van der Waals surface area contributed by atoms with E-state index in [1.54, 1.807) is 66.0 Å². The number of hydrogen-bond acceptors (Lipinski definition) is 6. The van der Waals surface area contributed by atoms with Crippen LogP contribution in [0.4, 0.5) is 11.4 Å². The number of nitrogens with zero attached hydrogens (tertiary/aromatic N) is 2. The molecule has 2 aromatic carbocycles. The van der Waals surface area contributed by atoms with Crippen molar-refractivity contribution in [3.05, 3.63) is 78.2 Å². The van der Waals surface area contributed by atoms with Gasteiger partial charge >= 0.3 is 0 Å². The molecule has 158 valence electrons. The van der Waals surface area contributed by atoms with Crippen molar-refractivity contribution in [2.45, 2.75) is 15.9 Å². The Hall–Kier alpha value is -2.95. The van der Waals surface area contributed by atoms with E-state index in [9.17, 15) is 18.0 Å². The van der Waals surface area contributed by atoms with E-state index in [1.807, 2.05) is 6.07 Å². The van der Waals surface area contributed by atoms with Gasteiger partial charge in [0.25, 0.3) is 10.0 Å². The van der Waals surface area contributed by atoms with Gasteiger partial charge in [-0.15, -0.1) is 15.7 Å². The summed E-state index contributed by atoms with van der Waals surface area (Å²) in [6, 6.07) is 20.7. The lowest BCUT2D eigenvalue weighted by molar-refractivity contribution is -0.121. The van der Waals surface area contributed by atoms with E-state index in [0.717, 1.165) is 23.1 Å². The summed E-state index contributed by atoms with van der Waals surface area (Å²) in [6.45, 7) is 0. The van der Waals surface area contributed by atoms with E-state index in [0.29, 0.717) is 11.4 Å². The minimum atomic E-state index is -3.97. The third-order valence-corrected chi connectivity index (χ3v) is 8.22. The summed E-state index contributed by atoms with van der Waals surface area (Å²) in [5.74, 6) is -0.730. The molecular formula is C21H17N3O4S3. The zero-order valence-corrected chi connectivity index (χ0v) is 18.5. The number of para-hydroxylation sites is 2. The van der Waals surface area contributed by atoms with Crippen molar-refractivity contribution in [2.75, 3.05) is 10.2 Å². The van der Waals surface area contributed by atoms with Crippen LogP contribution in [0.3, 0.4) is 0 Å². The van der Waals surface area contributed by atoms with E-state index in [-0.39, 0.29) is 27.6 Å². The van der Waals surface area contributed by atoms with Gasteiger partial charge in [0.05, 0.1) is 5.69 Å². The van der Waals surface area contributed by atoms with Gasteiger partial charge in [-0.2, -0.15) is 8.42 Å². The highest BCUT2D eigenvalue weighted by atomic mass is 32.2. The SMILES string of the molecule is O=C(CC1SC(=NS(=O)(=O)c2cccs2)N(c2ccccc2)C1=O)Nc1ccccc1. The van der Waals surface area contributed by atoms with Gasteiger partial charge in [-0.1, -0.05) is 54.2 Å². The number of thioether (sulfide) groups is 1. The normalized spacial score (nSPS) is 17.8. The Bertz CT molecular complexity index is 1210. The number of carbonyl (C=O) groups excluding carboxylic acids is 2. The molecule has 1 aliphatic rings. The first-order valence-corrected chi connectivity index (χ1v) is 12.4. The maximum absolute atomic E-state index is 13.1. The molecule has 0 bridgehead atoms. The summed E-state index contributed by atoms with van der Waals surface area (Å²) >= 11 is 2.03. The number of hydrogen-bond donors (Lipinski definition) is 1. The van der Waals surface area contributed by atoms with Gasteiger partial charge in [0.15, 0.2) is 5.17 Å². The maximum atomic E-state index is 13.1. The summed E-state index contributed by atoms with van der Waals surface area (Å²) in [5, 5.41) is 3.63. The molecule has 7 nitrogen and oxygen atoms in total. The fraction of sp³-hybridized carbons (Fsp3) is 0.0952. The third kappa shape index (κ3) is 4.87. The van der Waals surface area contributed by atoms with E-state index in [4.69, 9.17) is 0 Å². The monoisotopic (exact) mass is 471 g/mol. The van der Waals surface area contributed by atoms with Crippen LogP contribution in [0.2, 0.25) is 0 Å². The summed E-state index contributed by atoms with van der Waals surface area (Å²) < 4.78 is 29.4. The summed E-state index contributed by atoms with van der Waals surface area (Å²) in [6.07, 6.45) is -0.111. The summed E-state index contributed by atoms with van der Waals surface area (Å²) in [5.41, 5.74) is 1.11. The molecule has 2 heterocycles. The largest absolute Gasteiger partial charge is 0.326 e.